The summed E-state index contributed by atoms with van der Waals surface area (Å²) in [7, 11) is 0. The molecule has 3 heterocycles. The first-order valence-electron chi connectivity index (χ1n) is 20.3. The Labute approximate surface area is 321 Å². The lowest BCUT2D eigenvalue weighted by Gasteiger charge is -2.14. The van der Waals surface area contributed by atoms with E-state index in [0.29, 0.717) is 5.56 Å². The Balaban J connectivity index is 1.14. The quantitative estimate of drug-likeness (QED) is 0.166. The van der Waals surface area contributed by atoms with E-state index in [1.807, 2.05) is 103 Å². The van der Waals surface area contributed by atoms with Crippen molar-refractivity contribution in [1.82, 2.24) is 18.9 Å². The van der Waals surface area contributed by atoms with Gasteiger partial charge in [-0.15, -0.1) is 0 Å². The van der Waals surface area contributed by atoms with Crippen LogP contribution in [0.3, 0.4) is 0 Å². The van der Waals surface area contributed by atoms with Crippen molar-refractivity contribution in [2.75, 3.05) is 0 Å². The summed E-state index contributed by atoms with van der Waals surface area (Å²) >= 11 is 0. The summed E-state index contributed by atoms with van der Waals surface area (Å²) in [6.45, 7) is 0. The van der Waals surface area contributed by atoms with Gasteiger partial charge in [-0.1, -0.05) is 145 Å². The minimum atomic E-state index is -0.424. The van der Waals surface area contributed by atoms with Gasteiger partial charge in [-0.25, -0.2) is 9.97 Å². The largest absolute Gasteiger partial charge is 0.299 e. The number of aromatic nitrogens is 4. The molecular weight excluding hydrogens is 657 g/mol. The topological polar surface area (TPSA) is 35.1 Å². The monoisotopic (exact) mass is 695 g/mol. The molecule has 7 aromatic carbocycles. The van der Waals surface area contributed by atoms with E-state index in [1.165, 1.54) is 0 Å². The molecule has 0 fully saturated rings. The fraction of sp³-hybridized carbons (Fsp3) is 0. The maximum absolute atomic E-state index is 8.91. The molecule has 254 valence electrons. The summed E-state index contributed by atoms with van der Waals surface area (Å²) in [6, 6.07) is 55.2. The van der Waals surface area contributed by atoms with Crippen LogP contribution in [0.5, 0.6) is 0 Å². The lowest BCUT2D eigenvalue weighted by molar-refractivity contribution is 1.10. The van der Waals surface area contributed by atoms with Crippen LogP contribution < -0.4 is 0 Å². The second-order valence-corrected chi connectivity index (χ2v) is 13.2. The van der Waals surface area contributed by atoms with Crippen molar-refractivity contribution in [2.24, 2.45) is 0 Å². The van der Waals surface area contributed by atoms with Crippen molar-refractivity contribution >= 4 is 16.7 Å². The second-order valence-electron chi connectivity index (χ2n) is 13.2. The molecule has 0 bridgehead atoms. The molecule has 0 unspecified atom stereocenters. The number of hydrogen-bond donors (Lipinski definition) is 0. The van der Waals surface area contributed by atoms with Gasteiger partial charge in [0.05, 0.1) is 29.3 Å². The van der Waals surface area contributed by atoms with Gasteiger partial charge in [-0.3, -0.25) is 8.97 Å². The van der Waals surface area contributed by atoms with Gasteiger partial charge >= 0.3 is 0 Å². The minimum Gasteiger partial charge on any atom is -0.299 e. The highest BCUT2D eigenvalue weighted by Gasteiger charge is 2.18. The maximum Gasteiger partial charge on any atom is 0.145 e. The highest BCUT2D eigenvalue weighted by molar-refractivity contribution is 5.87. The van der Waals surface area contributed by atoms with Gasteiger partial charge < -0.3 is 0 Å². The fourth-order valence-corrected chi connectivity index (χ4v) is 7.28. The summed E-state index contributed by atoms with van der Waals surface area (Å²) in [5.74, 6) is 0.819. The number of nitrogens with zero attached hydrogens (tertiary/aromatic N) is 4. The Hall–Kier alpha value is -7.30. The van der Waals surface area contributed by atoms with Crippen LogP contribution in [0, 0.1) is 0 Å². The van der Waals surface area contributed by atoms with Crippen LogP contribution in [0.25, 0.3) is 89.7 Å². The third-order valence-electron chi connectivity index (χ3n) is 9.82. The normalized spacial score (nSPS) is 12.6. The van der Waals surface area contributed by atoms with Crippen LogP contribution in [0.4, 0.5) is 0 Å². The molecular formula is C50H34N4. The Kier molecular flexibility index (Phi) is 6.54. The average molecular weight is 696 g/mol. The van der Waals surface area contributed by atoms with Crippen molar-refractivity contribution in [3.8, 4) is 73.0 Å². The Morgan fingerprint density at radius 1 is 0.426 bits per heavy atom. The lowest BCUT2D eigenvalue weighted by Crippen LogP contribution is -1.98. The van der Waals surface area contributed by atoms with Gasteiger partial charge in [-0.2, -0.15) is 0 Å². The smallest absolute Gasteiger partial charge is 0.145 e. The molecule has 10 rings (SSSR count). The summed E-state index contributed by atoms with van der Waals surface area (Å²) in [6.07, 6.45) is 2.03. The number of fused-ring (bicyclic) bond motifs is 2. The molecule has 0 aliphatic rings. The molecule has 10 aromatic rings. The van der Waals surface area contributed by atoms with E-state index in [-0.39, 0.29) is 29.7 Å². The van der Waals surface area contributed by atoms with Gasteiger partial charge in [0.25, 0.3) is 0 Å². The lowest BCUT2D eigenvalue weighted by atomic mass is 9.92. The first-order chi connectivity index (χ1) is 28.8. The van der Waals surface area contributed by atoms with E-state index < -0.39 is 6.04 Å². The van der Waals surface area contributed by atoms with Crippen molar-refractivity contribution in [3.05, 3.63) is 206 Å². The first kappa shape index (κ1) is 26.5. The molecule has 0 aliphatic carbocycles. The van der Waals surface area contributed by atoms with Gasteiger partial charge in [0.1, 0.15) is 11.5 Å². The van der Waals surface area contributed by atoms with E-state index in [1.54, 1.807) is 0 Å². The van der Waals surface area contributed by atoms with Crippen LogP contribution >= 0.6 is 0 Å². The number of benzene rings is 7. The third kappa shape index (κ3) is 5.67. The second kappa shape index (κ2) is 13.4. The van der Waals surface area contributed by atoms with Gasteiger partial charge in [0, 0.05) is 28.6 Å². The molecule has 0 spiro atoms. The van der Waals surface area contributed by atoms with Crippen molar-refractivity contribution in [2.45, 2.75) is 0 Å². The fourth-order valence-electron chi connectivity index (χ4n) is 7.28. The Bertz CT molecular complexity index is 3180. The molecule has 54 heavy (non-hydrogen) atoms. The van der Waals surface area contributed by atoms with Gasteiger partial charge in [0.2, 0.25) is 0 Å². The van der Waals surface area contributed by atoms with Gasteiger partial charge in [0.15, 0.2) is 0 Å². The predicted molar refractivity (Wildman–Crippen MR) is 222 cm³/mol. The number of rotatable bonds is 7. The van der Waals surface area contributed by atoms with Crippen LogP contribution in [0.2, 0.25) is 0 Å². The highest BCUT2D eigenvalue weighted by Crippen LogP contribution is 2.38. The van der Waals surface area contributed by atoms with Gasteiger partial charge in [-0.05, 0) is 88.0 Å². The summed E-state index contributed by atoms with van der Waals surface area (Å²) in [5, 5.41) is 0. The van der Waals surface area contributed by atoms with E-state index >= 15 is 0 Å². The van der Waals surface area contributed by atoms with E-state index in [4.69, 9.17) is 16.8 Å². The third-order valence-corrected chi connectivity index (χ3v) is 9.82. The number of hydrogen-bond acceptors (Lipinski definition) is 2. The van der Waals surface area contributed by atoms with Crippen LogP contribution in [0.1, 0.15) is 6.85 Å². The number of para-hydroxylation sites is 2. The zero-order valence-electron chi connectivity index (χ0n) is 34.0. The predicted octanol–water partition coefficient (Wildman–Crippen LogP) is 12.7. The standard InChI is InChI=1S/C50H34N4/c1-4-15-35(16-5-1)41-31-42(36-26-28-38(29-27-36)49-48(37-17-6-2-7-18-37)52-47-25-12-13-30-53(47)49)33-43(32-41)40-21-14-22-44(34-40)54-46-24-11-10-23-45(46)51-50(54)39-19-8-3-9-20-39/h1-34H/i1D,4D,5D,15D,16D. The van der Waals surface area contributed by atoms with E-state index in [2.05, 4.69) is 81.8 Å². The minimum absolute atomic E-state index is 0.150. The van der Waals surface area contributed by atoms with Crippen molar-refractivity contribution < 1.29 is 6.85 Å². The van der Waals surface area contributed by atoms with Crippen molar-refractivity contribution in [1.29, 1.82) is 0 Å². The number of imidazole rings is 2. The van der Waals surface area contributed by atoms with E-state index in [9.17, 15) is 0 Å². The van der Waals surface area contributed by atoms with E-state index in [0.717, 1.165) is 78.5 Å². The Morgan fingerprint density at radius 2 is 1.06 bits per heavy atom. The molecule has 4 heteroatoms. The zero-order chi connectivity index (χ0) is 40.2. The Morgan fingerprint density at radius 3 is 1.83 bits per heavy atom. The molecule has 3 aromatic heterocycles. The molecule has 0 N–H and O–H groups in total. The van der Waals surface area contributed by atoms with Crippen molar-refractivity contribution in [3.63, 3.8) is 0 Å². The summed E-state index contributed by atoms with van der Waals surface area (Å²) < 4.78 is 47.3. The van der Waals surface area contributed by atoms with Crippen LogP contribution in [-0.2, 0) is 0 Å². The van der Waals surface area contributed by atoms with Crippen LogP contribution in [0.15, 0.2) is 206 Å². The first-order valence-corrected chi connectivity index (χ1v) is 17.8. The van der Waals surface area contributed by atoms with Crippen LogP contribution in [-0.4, -0.2) is 18.9 Å². The summed E-state index contributed by atoms with van der Waals surface area (Å²) in [5.41, 5.74) is 12.6. The SMILES string of the molecule is [2H]c1c([2H])c([2H])c(-c2cc(-c3ccc(-c4c(-c5ccccc5)nc5ccccn45)cc3)cc(-c3cccc(-n4c(-c5ccccc5)nc5ccccc54)c3)c2)c([2H])c1[2H]. The molecule has 4 nitrogen and oxygen atoms in total. The summed E-state index contributed by atoms with van der Waals surface area (Å²) in [4.78, 5) is 10.1. The maximum atomic E-state index is 8.91. The molecule has 0 saturated carbocycles. The molecule has 0 saturated heterocycles. The highest BCUT2D eigenvalue weighted by atomic mass is 15.1. The molecule has 0 amide bonds. The molecule has 0 aliphatic heterocycles. The zero-order valence-corrected chi connectivity index (χ0v) is 29.0. The number of pyridine rings is 1. The average Bonchev–Trinajstić information content (AvgIpc) is 3.88. The molecule has 0 radical (unpaired) electrons. The molecule has 0 atom stereocenters.